The molecule has 0 bridgehead atoms. The topological polar surface area (TPSA) is 66.7 Å². The highest BCUT2D eigenvalue weighted by molar-refractivity contribution is 7.10. The number of fused-ring (bicyclic) bond motifs is 1. The Morgan fingerprint density at radius 2 is 1.90 bits per heavy atom. The summed E-state index contributed by atoms with van der Waals surface area (Å²) in [5, 5.41) is 13.0. The van der Waals surface area contributed by atoms with Crippen LogP contribution in [0.3, 0.4) is 0 Å². The maximum absolute atomic E-state index is 13.0. The lowest BCUT2D eigenvalue weighted by atomic mass is 9.93. The van der Waals surface area contributed by atoms with Gasteiger partial charge in [0.2, 0.25) is 5.91 Å². The molecular formula is C22H21N3O3S. The molecule has 2 heterocycles. The fraction of sp³-hybridized carbons (Fsp3) is 0.227. The van der Waals surface area contributed by atoms with Gasteiger partial charge >= 0.3 is 0 Å². The second kappa shape index (κ2) is 8.14. The molecule has 4 rings (SSSR count). The molecule has 1 aliphatic rings. The third kappa shape index (κ3) is 3.92. The summed E-state index contributed by atoms with van der Waals surface area (Å²) < 4.78 is 0. The van der Waals surface area contributed by atoms with Gasteiger partial charge in [0, 0.05) is 36.3 Å². The van der Waals surface area contributed by atoms with Crippen LogP contribution in [0, 0.1) is 10.1 Å². The third-order valence-electron chi connectivity index (χ3n) is 5.34. The Hall–Kier alpha value is -3.03. The van der Waals surface area contributed by atoms with E-state index in [1.165, 1.54) is 28.1 Å². The van der Waals surface area contributed by atoms with Crippen LogP contribution in [-0.2, 0) is 11.2 Å². The standard InChI is InChI=1S/C22H21N3O3S/c1-23(17-7-9-18(10-8-17)25(27)28)21(26)15-24-13-11-20-19(12-14-29-20)22(24)16-5-3-2-4-6-16/h2-10,12,14,22H,11,13,15H2,1H3. The van der Waals surface area contributed by atoms with Gasteiger partial charge in [0.25, 0.3) is 5.69 Å². The molecule has 29 heavy (non-hydrogen) atoms. The first-order chi connectivity index (χ1) is 14.0. The molecule has 1 amide bonds. The van der Waals surface area contributed by atoms with Crippen LogP contribution in [0.2, 0.25) is 0 Å². The van der Waals surface area contributed by atoms with Crippen LogP contribution >= 0.6 is 11.3 Å². The van der Waals surface area contributed by atoms with Crippen LogP contribution < -0.4 is 4.90 Å². The van der Waals surface area contributed by atoms with Crippen molar-refractivity contribution >= 4 is 28.6 Å². The summed E-state index contributed by atoms with van der Waals surface area (Å²) in [5.41, 5.74) is 3.11. The number of carbonyl (C=O) groups is 1. The van der Waals surface area contributed by atoms with Gasteiger partial charge in [-0.25, -0.2) is 0 Å². The lowest BCUT2D eigenvalue weighted by Gasteiger charge is -2.36. The number of rotatable bonds is 5. The number of carbonyl (C=O) groups excluding carboxylic acids is 1. The van der Waals surface area contributed by atoms with Gasteiger partial charge < -0.3 is 4.90 Å². The average Bonchev–Trinajstić information content (AvgIpc) is 3.22. The van der Waals surface area contributed by atoms with Crippen LogP contribution in [-0.4, -0.2) is 35.9 Å². The monoisotopic (exact) mass is 407 g/mol. The summed E-state index contributed by atoms with van der Waals surface area (Å²) in [6.45, 7) is 1.09. The van der Waals surface area contributed by atoms with Gasteiger partial charge in [-0.15, -0.1) is 11.3 Å². The van der Waals surface area contributed by atoms with Gasteiger partial charge in [0.15, 0.2) is 0 Å². The number of likely N-dealkylation sites (N-methyl/N-ethyl adjacent to an activating group) is 1. The number of hydrogen-bond donors (Lipinski definition) is 0. The summed E-state index contributed by atoms with van der Waals surface area (Å²) in [6.07, 6.45) is 0.935. The van der Waals surface area contributed by atoms with Gasteiger partial charge in [-0.1, -0.05) is 30.3 Å². The third-order valence-corrected chi connectivity index (χ3v) is 6.34. The Morgan fingerprint density at radius 1 is 1.17 bits per heavy atom. The fourth-order valence-electron chi connectivity index (χ4n) is 3.79. The van der Waals surface area contributed by atoms with E-state index in [9.17, 15) is 14.9 Å². The number of thiophene rings is 1. The maximum Gasteiger partial charge on any atom is 0.269 e. The van der Waals surface area contributed by atoms with Gasteiger partial charge in [-0.2, -0.15) is 0 Å². The minimum Gasteiger partial charge on any atom is -0.314 e. The van der Waals surface area contributed by atoms with Crippen molar-refractivity contribution in [3.8, 4) is 0 Å². The highest BCUT2D eigenvalue weighted by atomic mass is 32.1. The molecule has 0 spiro atoms. The largest absolute Gasteiger partial charge is 0.314 e. The zero-order valence-corrected chi connectivity index (χ0v) is 16.8. The highest BCUT2D eigenvalue weighted by Gasteiger charge is 2.31. The van der Waals surface area contributed by atoms with E-state index in [-0.39, 0.29) is 24.2 Å². The predicted molar refractivity (Wildman–Crippen MR) is 114 cm³/mol. The molecule has 0 saturated heterocycles. The molecule has 1 aliphatic heterocycles. The molecule has 7 heteroatoms. The molecule has 1 unspecified atom stereocenters. The molecule has 0 fully saturated rings. The minimum atomic E-state index is -0.442. The van der Waals surface area contributed by atoms with E-state index in [1.54, 1.807) is 35.4 Å². The zero-order chi connectivity index (χ0) is 20.4. The number of nitrogens with zero attached hydrogens (tertiary/aromatic N) is 3. The Labute approximate surface area is 173 Å². The summed E-state index contributed by atoms with van der Waals surface area (Å²) >= 11 is 1.77. The van der Waals surface area contributed by atoms with Crippen LogP contribution in [0.4, 0.5) is 11.4 Å². The Balaban J connectivity index is 1.55. The maximum atomic E-state index is 13.0. The quantitative estimate of drug-likeness (QED) is 0.468. The minimum absolute atomic E-state index is 0.0137. The zero-order valence-electron chi connectivity index (χ0n) is 16.0. The van der Waals surface area contributed by atoms with Crippen LogP contribution in [0.1, 0.15) is 22.0 Å². The first kappa shape index (κ1) is 19.3. The molecule has 0 radical (unpaired) electrons. The van der Waals surface area contributed by atoms with Crippen molar-refractivity contribution < 1.29 is 9.72 Å². The molecule has 0 aliphatic carbocycles. The van der Waals surface area contributed by atoms with E-state index in [2.05, 4.69) is 28.5 Å². The molecule has 1 aromatic heterocycles. The van der Waals surface area contributed by atoms with E-state index in [0.717, 1.165) is 13.0 Å². The van der Waals surface area contributed by atoms with E-state index in [1.807, 2.05) is 18.2 Å². The molecule has 0 N–H and O–H groups in total. The van der Waals surface area contributed by atoms with Gasteiger partial charge in [0.05, 0.1) is 17.5 Å². The molecule has 0 saturated carbocycles. The number of amides is 1. The van der Waals surface area contributed by atoms with Crippen molar-refractivity contribution in [2.45, 2.75) is 12.5 Å². The Morgan fingerprint density at radius 3 is 2.59 bits per heavy atom. The Bertz CT molecular complexity index is 1020. The molecular weight excluding hydrogens is 386 g/mol. The summed E-state index contributed by atoms with van der Waals surface area (Å²) in [4.78, 5) is 28.6. The molecule has 3 aromatic rings. The van der Waals surface area contributed by atoms with Crippen LogP contribution in [0.15, 0.2) is 66.0 Å². The van der Waals surface area contributed by atoms with Crippen molar-refractivity contribution in [1.82, 2.24) is 4.90 Å². The lowest BCUT2D eigenvalue weighted by Crippen LogP contribution is -2.43. The first-order valence-corrected chi connectivity index (χ1v) is 10.3. The van der Waals surface area contributed by atoms with Gasteiger partial charge in [-0.05, 0) is 41.1 Å². The van der Waals surface area contributed by atoms with Crippen LogP contribution in [0.25, 0.3) is 0 Å². The second-order valence-corrected chi connectivity index (χ2v) is 8.06. The van der Waals surface area contributed by atoms with Crippen molar-refractivity contribution in [3.63, 3.8) is 0 Å². The van der Waals surface area contributed by atoms with E-state index in [0.29, 0.717) is 5.69 Å². The molecule has 1 atom stereocenters. The van der Waals surface area contributed by atoms with E-state index >= 15 is 0 Å². The summed E-state index contributed by atoms with van der Waals surface area (Å²) in [6, 6.07) is 18.5. The molecule has 6 nitrogen and oxygen atoms in total. The number of non-ortho nitro benzene ring substituents is 1. The van der Waals surface area contributed by atoms with Crippen molar-refractivity contribution in [1.29, 1.82) is 0 Å². The van der Waals surface area contributed by atoms with Crippen molar-refractivity contribution in [3.05, 3.63) is 92.2 Å². The summed E-state index contributed by atoms with van der Waals surface area (Å²) in [5.74, 6) is -0.0431. The number of benzene rings is 2. The lowest BCUT2D eigenvalue weighted by molar-refractivity contribution is -0.384. The van der Waals surface area contributed by atoms with Crippen LogP contribution in [0.5, 0.6) is 0 Å². The molecule has 148 valence electrons. The second-order valence-electron chi connectivity index (χ2n) is 7.06. The summed E-state index contributed by atoms with van der Waals surface area (Å²) in [7, 11) is 1.71. The smallest absolute Gasteiger partial charge is 0.269 e. The Kier molecular flexibility index (Phi) is 5.42. The van der Waals surface area contributed by atoms with E-state index in [4.69, 9.17) is 0 Å². The highest BCUT2D eigenvalue weighted by Crippen LogP contribution is 2.37. The number of nitro benzene ring substituents is 1. The van der Waals surface area contributed by atoms with Gasteiger partial charge in [0.1, 0.15) is 0 Å². The number of anilines is 1. The first-order valence-electron chi connectivity index (χ1n) is 9.41. The number of hydrogen-bond acceptors (Lipinski definition) is 5. The van der Waals surface area contributed by atoms with Gasteiger partial charge in [-0.3, -0.25) is 19.8 Å². The van der Waals surface area contributed by atoms with Crippen molar-refractivity contribution in [2.75, 3.05) is 25.0 Å². The SMILES string of the molecule is CN(C(=O)CN1CCc2sccc2C1c1ccccc1)c1ccc([N+](=O)[O-])cc1. The fourth-order valence-corrected chi connectivity index (χ4v) is 4.69. The molecule has 2 aromatic carbocycles. The average molecular weight is 407 g/mol. The predicted octanol–water partition coefficient (Wildman–Crippen LogP) is 4.27. The van der Waals surface area contributed by atoms with E-state index < -0.39 is 4.92 Å². The normalized spacial score (nSPS) is 16.2. The number of nitro groups is 1. The van der Waals surface area contributed by atoms with Crippen molar-refractivity contribution in [2.24, 2.45) is 0 Å².